The molecule has 1 atom stereocenters. The van der Waals surface area contributed by atoms with Crippen LogP contribution in [0, 0.1) is 17.4 Å². The largest absolute Gasteiger partial charge is 0.416 e. The Morgan fingerprint density at radius 1 is 1.12 bits per heavy atom. The number of guanidine groups is 1. The van der Waals surface area contributed by atoms with Crippen LogP contribution in [0.4, 0.5) is 24.7 Å². The van der Waals surface area contributed by atoms with Gasteiger partial charge in [0, 0.05) is 19.6 Å². The highest BCUT2D eigenvalue weighted by atomic mass is 19.4. The molecule has 0 spiro atoms. The van der Waals surface area contributed by atoms with Crippen LogP contribution in [0.15, 0.2) is 59.7 Å². The average molecular weight is 467 g/mol. The summed E-state index contributed by atoms with van der Waals surface area (Å²) in [5, 5.41) is 11.9. The Morgan fingerprint density at radius 3 is 2.47 bits per heavy atom. The Morgan fingerprint density at radius 2 is 1.82 bits per heavy atom. The first-order valence-electron chi connectivity index (χ1n) is 10.9. The minimum Gasteiger partial charge on any atom is -0.351 e. The Hall–Kier alpha value is -3.87. The van der Waals surface area contributed by atoms with Gasteiger partial charge >= 0.3 is 6.18 Å². The van der Waals surface area contributed by atoms with Crippen molar-refractivity contribution >= 4 is 28.5 Å². The second kappa shape index (κ2) is 9.55. The number of aliphatic imine (C=N–C) groups is 1. The first kappa shape index (κ1) is 23.3. The number of benzene rings is 2. The maximum Gasteiger partial charge on any atom is 0.416 e. The number of halogens is 3. The zero-order valence-electron chi connectivity index (χ0n) is 18.8. The number of hydrogen-bond donors (Lipinski definition) is 1. The van der Waals surface area contributed by atoms with Crippen LogP contribution < -0.4 is 10.2 Å². The third-order valence-electron chi connectivity index (χ3n) is 5.82. The van der Waals surface area contributed by atoms with Crippen molar-refractivity contribution in [2.75, 3.05) is 24.5 Å². The molecule has 0 bridgehead atoms. The molecular formula is C24H24F3N7. The molecule has 1 aromatic heterocycles. The van der Waals surface area contributed by atoms with Crippen molar-refractivity contribution in [3.8, 4) is 6.19 Å². The lowest BCUT2D eigenvalue weighted by Crippen LogP contribution is -2.59. The fourth-order valence-corrected chi connectivity index (χ4v) is 4.01. The van der Waals surface area contributed by atoms with Gasteiger partial charge in [-0.3, -0.25) is 10.3 Å². The average Bonchev–Trinajstić information content (AvgIpc) is 2.83. The SMILES string of the molecule is CC(C)C1CN(c2cnc3ccccc3n2)CCN1C(=Nc1ccc(C(F)(F)F)cc1)NC#N. The van der Waals surface area contributed by atoms with Crippen LogP contribution in [-0.4, -0.2) is 46.5 Å². The molecule has 1 N–H and O–H groups in total. The van der Waals surface area contributed by atoms with E-state index in [1.165, 1.54) is 12.1 Å². The smallest absolute Gasteiger partial charge is 0.351 e. The second-order valence-electron chi connectivity index (χ2n) is 8.38. The predicted octanol–water partition coefficient (Wildman–Crippen LogP) is 4.55. The topological polar surface area (TPSA) is 80.4 Å². The van der Waals surface area contributed by atoms with Crippen LogP contribution in [-0.2, 0) is 6.18 Å². The van der Waals surface area contributed by atoms with Gasteiger partial charge in [-0.1, -0.05) is 26.0 Å². The molecule has 1 unspecified atom stereocenters. The lowest BCUT2D eigenvalue weighted by molar-refractivity contribution is -0.137. The van der Waals surface area contributed by atoms with E-state index in [0.717, 1.165) is 29.0 Å². The number of para-hydroxylation sites is 2. The number of nitriles is 1. The first-order chi connectivity index (χ1) is 16.3. The molecule has 0 saturated carbocycles. The van der Waals surface area contributed by atoms with E-state index < -0.39 is 11.7 Å². The zero-order valence-corrected chi connectivity index (χ0v) is 18.8. The van der Waals surface area contributed by atoms with Crippen molar-refractivity contribution in [2.45, 2.75) is 26.1 Å². The second-order valence-corrected chi connectivity index (χ2v) is 8.38. The van der Waals surface area contributed by atoms with E-state index in [2.05, 4.69) is 34.0 Å². The molecular weight excluding hydrogens is 443 g/mol. The summed E-state index contributed by atoms with van der Waals surface area (Å²) in [6.45, 7) is 5.95. The third kappa shape index (κ3) is 5.03. The molecule has 0 radical (unpaired) electrons. The van der Waals surface area contributed by atoms with Crippen LogP contribution in [0.25, 0.3) is 11.0 Å². The molecule has 1 saturated heterocycles. The highest BCUT2D eigenvalue weighted by Gasteiger charge is 2.33. The monoisotopic (exact) mass is 467 g/mol. The van der Waals surface area contributed by atoms with Crippen molar-refractivity contribution in [2.24, 2.45) is 10.9 Å². The van der Waals surface area contributed by atoms with Gasteiger partial charge in [-0.05, 0) is 42.3 Å². The van der Waals surface area contributed by atoms with E-state index in [1.807, 2.05) is 35.4 Å². The maximum atomic E-state index is 12.9. The van der Waals surface area contributed by atoms with Gasteiger partial charge in [0.2, 0.25) is 5.96 Å². The number of alkyl halides is 3. The van der Waals surface area contributed by atoms with Gasteiger partial charge < -0.3 is 9.80 Å². The van der Waals surface area contributed by atoms with Gasteiger partial charge in [0.1, 0.15) is 5.82 Å². The van der Waals surface area contributed by atoms with Gasteiger partial charge in [-0.25, -0.2) is 9.98 Å². The number of aromatic nitrogens is 2. The van der Waals surface area contributed by atoms with Crippen LogP contribution in [0.2, 0.25) is 0 Å². The molecule has 2 heterocycles. The third-order valence-corrected chi connectivity index (χ3v) is 5.82. The molecule has 4 rings (SSSR count). The Kier molecular flexibility index (Phi) is 6.54. The summed E-state index contributed by atoms with van der Waals surface area (Å²) in [6.07, 6.45) is -0.747. The predicted molar refractivity (Wildman–Crippen MR) is 124 cm³/mol. The molecule has 0 amide bonds. The number of piperazine rings is 1. The van der Waals surface area contributed by atoms with E-state index in [9.17, 15) is 18.4 Å². The zero-order chi connectivity index (χ0) is 24.3. The number of fused-ring (bicyclic) bond motifs is 1. The fraction of sp³-hybridized carbons (Fsp3) is 0.333. The number of hydrogen-bond acceptors (Lipinski definition) is 5. The number of rotatable bonds is 3. The Bertz CT molecular complexity index is 1220. The summed E-state index contributed by atoms with van der Waals surface area (Å²) in [7, 11) is 0. The Balaban J connectivity index is 1.59. The van der Waals surface area contributed by atoms with Crippen LogP contribution >= 0.6 is 0 Å². The van der Waals surface area contributed by atoms with E-state index in [-0.39, 0.29) is 12.0 Å². The highest BCUT2D eigenvalue weighted by Crippen LogP contribution is 2.30. The van der Waals surface area contributed by atoms with Crippen LogP contribution in [0.1, 0.15) is 19.4 Å². The van der Waals surface area contributed by atoms with Crippen molar-refractivity contribution in [1.82, 2.24) is 20.2 Å². The van der Waals surface area contributed by atoms with Gasteiger partial charge in [0.05, 0.1) is 34.5 Å². The number of nitrogens with zero attached hydrogens (tertiary/aromatic N) is 6. The van der Waals surface area contributed by atoms with Crippen molar-refractivity contribution in [3.05, 3.63) is 60.3 Å². The molecule has 1 aliphatic heterocycles. The minimum absolute atomic E-state index is 0.0175. The lowest BCUT2D eigenvalue weighted by atomic mass is 10.00. The first-order valence-corrected chi connectivity index (χ1v) is 10.9. The van der Waals surface area contributed by atoms with E-state index in [1.54, 1.807) is 6.20 Å². The standard InChI is InChI=1S/C24H24F3N7/c1-16(2)21-14-33(22-13-29-19-5-3-4-6-20(19)32-22)11-12-34(21)23(30-15-28)31-18-9-7-17(8-10-18)24(25,26)27/h3-10,13,16,21H,11-12,14H2,1-2H3,(H,30,31). The quantitative estimate of drug-likeness (QED) is 0.263. The molecule has 10 heteroatoms. The summed E-state index contributed by atoms with van der Waals surface area (Å²) < 4.78 is 38.6. The molecule has 2 aromatic carbocycles. The lowest BCUT2D eigenvalue weighted by Gasteiger charge is -2.44. The van der Waals surface area contributed by atoms with E-state index in [0.29, 0.717) is 31.3 Å². The van der Waals surface area contributed by atoms with Gasteiger partial charge in [-0.15, -0.1) is 0 Å². The normalized spacial score (nSPS) is 17.2. The van der Waals surface area contributed by atoms with Crippen LogP contribution in [0.3, 0.4) is 0 Å². The number of nitrogens with one attached hydrogen (secondary N) is 1. The van der Waals surface area contributed by atoms with E-state index in [4.69, 9.17) is 4.98 Å². The summed E-state index contributed by atoms with van der Waals surface area (Å²) >= 11 is 0. The highest BCUT2D eigenvalue weighted by molar-refractivity contribution is 5.84. The summed E-state index contributed by atoms with van der Waals surface area (Å²) in [4.78, 5) is 17.9. The molecule has 3 aromatic rings. The molecule has 7 nitrogen and oxygen atoms in total. The number of anilines is 1. The molecule has 176 valence electrons. The minimum atomic E-state index is -4.42. The Labute approximate surface area is 195 Å². The molecule has 1 aliphatic rings. The maximum absolute atomic E-state index is 12.9. The molecule has 0 aliphatic carbocycles. The van der Waals surface area contributed by atoms with Gasteiger partial charge in [-0.2, -0.15) is 18.4 Å². The van der Waals surface area contributed by atoms with Crippen molar-refractivity contribution < 1.29 is 13.2 Å². The molecule has 1 fully saturated rings. The van der Waals surface area contributed by atoms with E-state index >= 15 is 0 Å². The van der Waals surface area contributed by atoms with Crippen molar-refractivity contribution in [3.63, 3.8) is 0 Å². The summed E-state index contributed by atoms with van der Waals surface area (Å²) in [5.41, 5.74) is 1.23. The van der Waals surface area contributed by atoms with Crippen LogP contribution in [0.5, 0.6) is 0 Å². The van der Waals surface area contributed by atoms with Gasteiger partial charge in [0.25, 0.3) is 0 Å². The fourth-order valence-electron chi connectivity index (χ4n) is 4.01. The van der Waals surface area contributed by atoms with Gasteiger partial charge in [0.15, 0.2) is 6.19 Å². The molecule has 34 heavy (non-hydrogen) atoms. The summed E-state index contributed by atoms with van der Waals surface area (Å²) in [6, 6.07) is 12.2. The van der Waals surface area contributed by atoms with Crippen molar-refractivity contribution in [1.29, 1.82) is 5.26 Å². The summed E-state index contributed by atoms with van der Waals surface area (Å²) in [5.74, 6) is 1.29.